The van der Waals surface area contributed by atoms with E-state index >= 15 is 0 Å². The smallest absolute Gasteiger partial charge is 0.355 e. The zero-order chi connectivity index (χ0) is 27.0. The molecule has 7 nitrogen and oxygen atoms in total. The third-order valence-electron chi connectivity index (χ3n) is 5.67. The molecule has 0 spiro atoms. The zero-order valence-electron chi connectivity index (χ0n) is 21.0. The van der Waals surface area contributed by atoms with E-state index in [4.69, 9.17) is 13.3 Å². The summed E-state index contributed by atoms with van der Waals surface area (Å²) >= 11 is 0. The van der Waals surface area contributed by atoms with Crippen LogP contribution in [0, 0.1) is 26.2 Å². The predicted molar refractivity (Wildman–Crippen MR) is 142 cm³/mol. The molecule has 0 aliphatic rings. The first kappa shape index (κ1) is 28.1. The summed E-state index contributed by atoms with van der Waals surface area (Å²) in [7, 11) is -1.34. The highest BCUT2D eigenvalue weighted by Gasteiger charge is 2.55. The van der Waals surface area contributed by atoms with Gasteiger partial charge in [0.05, 0.1) is 0 Å². The van der Waals surface area contributed by atoms with Crippen LogP contribution < -0.4 is 15.6 Å². The highest BCUT2D eigenvalue weighted by atomic mass is 28.2. The van der Waals surface area contributed by atoms with Gasteiger partial charge in [-0.2, -0.15) is 0 Å². The van der Waals surface area contributed by atoms with Crippen LogP contribution >= 0.6 is 0 Å². The lowest BCUT2D eigenvalue weighted by Crippen LogP contribution is -2.51. The second-order valence-electron chi connectivity index (χ2n) is 8.47. The van der Waals surface area contributed by atoms with E-state index in [1.165, 1.54) is 13.0 Å². The molecule has 0 unspecified atom stereocenters. The monoisotopic (exact) mass is 546 g/mol. The van der Waals surface area contributed by atoms with Crippen LogP contribution in [-0.2, 0) is 27.7 Å². The summed E-state index contributed by atoms with van der Waals surface area (Å²) in [5, 5.41) is 12.0. The number of hydrogen-bond donors (Lipinski definition) is 1. The van der Waals surface area contributed by atoms with Crippen LogP contribution in [0.25, 0.3) is 0 Å². The summed E-state index contributed by atoms with van der Waals surface area (Å²) in [6.45, 7) is 7.16. The number of hydrogen-bond acceptors (Lipinski definition) is 7. The van der Waals surface area contributed by atoms with E-state index in [-0.39, 0.29) is 12.2 Å². The standard InChI is InChI=1S/C27H26O7Si3/c1-5-27(24(29)32-35-20-11-6-17(2)7-12-20,25(30)33-36-21-13-8-18(3)9-14-21)26(31)34-37-22-15-10-19(4)23(28)16-22/h6-16,28H,5H2,1-4H3. The third-order valence-corrected chi connectivity index (χ3v) is 8.22. The Bertz CT molecular complexity index is 1200. The molecule has 0 saturated carbocycles. The minimum Gasteiger partial charge on any atom is -0.510 e. The topological polar surface area (TPSA) is 99.1 Å². The molecule has 0 aliphatic heterocycles. The second-order valence-corrected chi connectivity index (χ2v) is 11.4. The van der Waals surface area contributed by atoms with E-state index in [1.54, 1.807) is 19.1 Å². The average Bonchev–Trinajstić information content (AvgIpc) is 2.89. The SMILES string of the molecule is CCC(C(=O)O[Si]c1ccc(C)cc1)(C(=O)O[Si]c1ccc(C)cc1)C(=O)O[Si]c1ccc(C)c(O)c1. The first-order valence-electron chi connectivity index (χ1n) is 11.5. The first-order chi connectivity index (χ1) is 17.6. The Kier molecular flexibility index (Phi) is 9.61. The van der Waals surface area contributed by atoms with Gasteiger partial charge in [-0.3, -0.25) is 14.4 Å². The summed E-state index contributed by atoms with van der Waals surface area (Å²) in [5.41, 5.74) is 0.490. The molecule has 0 aliphatic carbocycles. The van der Waals surface area contributed by atoms with Gasteiger partial charge in [-0.25, -0.2) is 0 Å². The fourth-order valence-electron chi connectivity index (χ4n) is 3.18. The molecule has 1 N–H and O–H groups in total. The quantitative estimate of drug-likeness (QED) is 0.304. The van der Waals surface area contributed by atoms with Crippen LogP contribution in [-0.4, -0.2) is 52.3 Å². The van der Waals surface area contributed by atoms with E-state index in [1.807, 2.05) is 62.4 Å². The van der Waals surface area contributed by atoms with Gasteiger partial charge in [0.1, 0.15) is 5.75 Å². The summed E-state index contributed by atoms with van der Waals surface area (Å²) in [4.78, 5) is 40.0. The molecule has 0 atom stereocenters. The van der Waals surface area contributed by atoms with E-state index in [0.717, 1.165) is 21.5 Å². The molecule has 3 aromatic carbocycles. The molecular weight excluding hydrogens is 521 g/mol. The highest BCUT2D eigenvalue weighted by molar-refractivity contribution is 6.52. The molecule has 6 radical (unpaired) electrons. The Morgan fingerprint density at radius 3 is 1.43 bits per heavy atom. The van der Waals surface area contributed by atoms with Gasteiger partial charge in [0, 0.05) is 0 Å². The highest BCUT2D eigenvalue weighted by Crippen LogP contribution is 2.28. The Hall–Kier alpha value is -3.48. The fourth-order valence-corrected chi connectivity index (χ4v) is 5.28. The Morgan fingerprint density at radius 1 is 0.676 bits per heavy atom. The Labute approximate surface area is 224 Å². The second kappa shape index (κ2) is 12.7. The van der Waals surface area contributed by atoms with Crippen molar-refractivity contribution < 1.29 is 32.8 Å². The van der Waals surface area contributed by atoms with Gasteiger partial charge in [0.2, 0.25) is 0 Å². The van der Waals surface area contributed by atoms with Crippen molar-refractivity contribution in [3.05, 3.63) is 83.4 Å². The molecule has 188 valence electrons. The zero-order valence-corrected chi connectivity index (χ0v) is 24.0. The number of carbonyl (C=O) groups is 3. The molecule has 0 fully saturated rings. The number of phenolic OH excluding ortho intramolecular Hbond substituents is 1. The van der Waals surface area contributed by atoms with Crippen molar-refractivity contribution in [2.75, 3.05) is 0 Å². The van der Waals surface area contributed by atoms with E-state index in [0.29, 0.717) is 10.8 Å². The maximum Gasteiger partial charge on any atom is 0.355 e. The lowest BCUT2D eigenvalue weighted by atomic mass is 9.85. The van der Waals surface area contributed by atoms with Crippen molar-refractivity contribution in [2.24, 2.45) is 5.41 Å². The number of carbonyl (C=O) groups excluding carboxylic acids is 3. The summed E-state index contributed by atoms with van der Waals surface area (Å²) < 4.78 is 16.4. The van der Waals surface area contributed by atoms with Crippen molar-refractivity contribution in [1.82, 2.24) is 0 Å². The van der Waals surface area contributed by atoms with Gasteiger partial charge < -0.3 is 18.4 Å². The van der Waals surface area contributed by atoms with Crippen LogP contribution in [0.2, 0.25) is 0 Å². The first-order valence-corrected chi connectivity index (χ1v) is 14.2. The Morgan fingerprint density at radius 2 is 1.05 bits per heavy atom. The molecule has 0 saturated heterocycles. The summed E-state index contributed by atoms with van der Waals surface area (Å²) in [6.07, 6.45) is -0.204. The molecule has 10 heteroatoms. The number of aromatic hydroxyl groups is 1. The molecule has 37 heavy (non-hydrogen) atoms. The van der Waals surface area contributed by atoms with Gasteiger partial charge in [-0.15, -0.1) is 0 Å². The Balaban J connectivity index is 1.81. The van der Waals surface area contributed by atoms with E-state index in [9.17, 15) is 19.5 Å². The molecule has 0 bridgehead atoms. The van der Waals surface area contributed by atoms with E-state index in [2.05, 4.69) is 0 Å². The predicted octanol–water partition coefficient (Wildman–Crippen LogP) is 1.48. The largest absolute Gasteiger partial charge is 0.510 e. The maximum absolute atomic E-state index is 13.3. The lowest BCUT2D eigenvalue weighted by Gasteiger charge is -2.26. The molecular formula is C27H26O7Si3. The molecule has 0 heterocycles. The normalized spacial score (nSPS) is 11.0. The van der Waals surface area contributed by atoms with E-state index < -0.39 is 52.6 Å². The number of rotatable bonds is 10. The van der Waals surface area contributed by atoms with Crippen molar-refractivity contribution in [3.8, 4) is 5.75 Å². The fraction of sp³-hybridized carbons (Fsp3) is 0.222. The van der Waals surface area contributed by atoms with Gasteiger partial charge in [-0.1, -0.05) is 78.7 Å². The van der Waals surface area contributed by atoms with Crippen LogP contribution in [0.3, 0.4) is 0 Å². The minimum absolute atomic E-state index is 0.0558. The van der Waals surface area contributed by atoms with Gasteiger partial charge in [0.25, 0.3) is 5.41 Å². The van der Waals surface area contributed by atoms with Crippen LogP contribution in [0.4, 0.5) is 0 Å². The average molecular weight is 547 g/mol. The maximum atomic E-state index is 13.3. The van der Waals surface area contributed by atoms with Crippen molar-refractivity contribution in [2.45, 2.75) is 34.1 Å². The van der Waals surface area contributed by atoms with Crippen molar-refractivity contribution in [3.63, 3.8) is 0 Å². The summed E-state index contributed by atoms with van der Waals surface area (Å²) in [5.74, 6) is -3.03. The van der Waals surface area contributed by atoms with Gasteiger partial charge in [0.15, 0.2) is 0 Å². The third kappa shape index (κ3) is 7.06. The van der Waals surface area contributed by atoms with Crippen LogP contribution in [0.15, 0.2) is 66.7 Å². The molecule has 0 aromatic heterocycles. The number of benzene rings is 3. The van der Waals surface area contributed by atoms with Crippen molar-refractivity contribution in [1.29, 1.82) is 0 Å². The van der Waals surface area contributed by atoms with Gasteiger partial charge in [-0.05, 0) is 54.4 Å². The molecule has 0 amide bonds. The molecule has 3 rings (SSSR count). The molecule has 3 aromatic rings. The minimum atomic E-state index is -2.28. The van der Waals surface area contributed by atoms with Crippen molar-refractivity contribution >= 4 is 62.8 Å². The number of phenols is 1. The summed E-state index contributed by atoms with van der Waals surface area (Å²) in [6, 6.07) is 19.6. The van der Waals surface area contributed by atoms with Gasteiger partial charge >= 0.3 is 47.2 Å². The van der Waals surface area contributed by atoms with Crippen LogP contribution in [0.5, 0.6) is 5.75 Å². The van der Waals surface area contributed by atoms with Crippen LogP contribution in [0.1, 0.15) is 30.0 Å². The lowest BCUT2D eigenvalue weighted by molar-refractivity contribution is -0.171. The number of aryl methyl sites for hydroxylation is 3.